The van der Waals surface area contributed by atoms with Crippen LogP contribution in [0.3, 0.4) is 0 Å². The van der Waals surface area contributed by atoms with E-state index in [-0.39, 0.29) is 13.0 Å². The molecule has 0 amide bonds. The van der Waals surface area contributed by atoms with Gasteiger partial charge in [0.25, 0.3) is 0 Å². The van der Waals surface area contributed by atoms with Crippen LogP contribution in [-0.2, 0) is 9.47 Å². The maximum atomic E-state index is 11.8. The van der Waals surface area contributed by atoms with E-state index in [0.717, 1.165) is 38.7 Å². The van der Waals surface area contributed by atoms with Crippen LogP contribution in [0.4, 0.5) is 4.39 Å². The highest BCUT2D eigenvalue weighted by Crippen LogP contribution is 2.06. The molecule has 3 heteroatoms. The van der Waals surface area contributed by atoms with Crippen LogP contribution in [-0.4, -0.2) is 26.2 Å². The van der Waals surface area contributed by atoms with Gasteiger partial charge in [-0.25, -0.2) is 0 Å². The third kappa shape index (κ3) is 10.1. The number of hydrogen-bond acceptors (Lipinski definition) is 2. The molecule has 0 bridgehead atoms. The van der Waals surface area contributed by atoms with Crippen molar-refractivity contribution < 1.29 is 13.9 Å². The molecule has 0 aliphatic carbocycles. The van der Waals surface area contributed by atoms with Gasteiger partial charge in [0.15, 0.2) is 6.29 Å². The first-order valence-electron chi connectivity index (χ1n) is 6.14. The smallest absolute Gasteiger partial charge is 0.157 e. The molecule has 2 nitrogen and oxygen atoms in total. The fraction of sp³-hybridized carbons (Fsp3) is 1.00. The Morgan fingerprint density at radius 1 is 1.00 bits per heavy atom. The molecular formula is C12H25FO2. The number of hydrogen-bond donors (Lipinski definition) is 0. The van der Waals surface area contributed by atoms with E-state index in [4.69, 9.17) is 9.47 Å². The van der Waals surface area contributed by atoms with Gasteiger partial charge in [-0.2, -0.15) is 0 Å². The minimum Gasteiger partial charge on any atom is -0.353 e. The molecule has 0 aromatic rings. The molecule has 0 aliphatic heterocycles. The zero-order chi connectivity index (χ0) is 11.4. The van der Waals surface area contributed by atoms with E-state index < -0.39 is 0 Å². The van der Waals surface area contributed by atoms with Gasteiger partial charge in [-0.05, 0) is 26.2 Å². The number of rotatable bonds is 11. The summed E-state index contributed by atoms with van der Waals surface area (Å²) in [5.74, 6) is 0. The molecule has 0 rings (SSSR count). The lowest BCUT2D eigenvalue weighted by Gasteiger charge is -2.16. The van der Waals surface area contributed by atoms with Crippen molar-refractivity contribution >= 4 is 0 Å². The van der Waals surface area contributed by atoms with Crippen LogP contribution in [0.5, 0.6) is 0 Å². The molecule has 1 unspecified atom stereocenters. The van der Waals surface area contributed by atoms with Crippen LogP contribution in [0, 0.1) is 0 Å². The number of ether oxygens (including phenoxy) is 2. The molecule has 1 atom stereocenters. The summed E-state index contributed by atoms with van der Waals surface area (Å²) in [6, 6.07) is 0. The minimum absolute atomic E-state index is 0.0406. The first-order valence-corrected chi connectivity index (χ1v) is 6.14. The van der Waals surface area contributed by atoms with E-state index in [1.807, 2.05) is 6.92 Å². The van der Waals surface area contributed by atoms with E-state index in [9.17, 15) is 4.39 Å². The molecule has 0 saturated carbocycles. The predicted molar refractivity (Wildman–Crippen MR) is 60.7 cm³/mol. The van der Waals surface area contributed by atoms with E-state index in [2.05, 4.69) is 6.92 Å². The molecular weight excluding hydrogens is 195 g/mol. The summed E-state index contributed by atoms with van der Waals surface area (Å²) in [6.07, 6.45) is 5.70. The van der Waals surface area contributed by atoms with Crippen molar-refractivity contribution in [3.63, 3.8) is 0 Å². The van der Waals surface area contributed by atoms with Crippen molar-refractivity contribution in [2.45, 2.75) is 58.7 Å². The largest absolute Gasteiger partial charge is 0.353 e. The third-order valence-corrected chi connectivity index (χ3v) is 2.21. The molecule has 0 N–H and O–H groups in total. The Balaban J connectivity index is 3.28. The van der Waals surface area contributed by atoms with Gasteiger partial charge >= 0.3 is 0 Å². The van der Waals surface area contributed by atoms with Gasteiger partial charge in [0.1, 0.15) is 0 Å². The van der Waals surface area contributed by atoms with Gasteiger partial charge in [0.05, 0.1) is 6.67 Å². The summed E-state index contributed by atoms with van der Waals surface area (Å²) in [5.41, 5.74) is 0. The highest BCUT2D eigenvalue weighted by Gasteiger charge is 2.06. The van der Waals surface area contributed by atoms with Gasteiger partial charge in [-0.15, -0.1) is 0 Å². The van der Waals surface area contributed by atoms with Crippen LogP contribution in [0.15, 0.2) is 0 Å². The second-order valence-corrected chi connectivity index (χ2v) is 3.65. The summed E-state index contributed by atoms with van der Waals surface area (Å²) < 4.78 is 22.8. The Kier molecular flexibility index (Phi) is 11.8. The Labute approximate surface area is 93.1 Å². The average molecular weight is 220 g/mol. The van der Waals surface area contributed by atoms with E-state index in [0.29, 0.717) is 13.0 Å². The van der Waals surface area contributed by atoms with Crippen LogP contribution >= 0.6 is 0 Å². The number of alkyl halides is 1. The highest BCUT2D eigenvalue weighted by molar-refractivity contribution is 4.46. The zero-order valence-corrected chi connectivity index (χ0v) is 10.1. The van der Waals surface area contributed by atoms with Crippen LogP contribution < -0.4 is 0 Å². The summed E-state index contributed by atoms with van der Waals surface area (Å²) in [4.78, 5) is 0. The number of unbranched alkanes of at least 4 members (excludes halogenated alkanes) is 3. The standard InChI is InChI=1S/C12H25FO2/c1-3-9-12(14-4-2)15-11-8-6-5-7-10-13/h12H,3-11H2,1-2H3. The monoisotopic (exact) mass is 220 g/mol. The molecule has 0 aliphatic rings. The number of halogens is 1. The van der Waals surface area contributed by atoms with Crippen molar-refractivity contribution in [1.82, 2.24) is 0 Å². The van der Waals surface area contributed by atoms with Crippen molar-refractivity contribution in [1.29, 1.82) is 0 Å². The third-order valence-electron chi connectivity index (χ3n) is 2.21. The Morgan fingerprint density at radius 3 is 2.33 bits per heavy atom. The lowest BCUT2D eigenvalue weighted by Crippen LogP contribution is -2.17. The van der Waals surface area contributed by atoms with Crippen LogP contribution in [0.1, 0.15) is 52.4 Å². The SMILES string of the molecule is CCCC(OCC)OCCCCCCF. The summed E-state index contributed by atoms with van der Waals surface area (Å²) in [6.45, 7) is 5.34. The fourth-order valence-electron chi connectivity index (χ4n) is 1.40. The topological polar surface area (TPSA) is 18.5 Å². The molecule has 0 fully saturated rings. The second-order valence-electron chi connectivity index (χ2n) is 3.65. The Hall–Kier alpha value is -0.150. The molecule has 15 heavy (non-hydrogen) atoms. The summed E-state index contributed by atoms with van der Waals surface area (Å²) in [7, 11) is 0. The molecule has 92 valence electrons. The van der Waals surface area contributed by atoms with E-state index in [1.165, 1.54) is 0 Å². The minimum atomic E-state index is -0.196. The molecule has 0 saturated heterocycles. The van der Waals surface area contributed by atoms with Gasteiger partial charge in [0, 0.05) is 13.2 Å². The van der Waals surface area contributed by atoms with E-state index >= 15 is 0 Å². The van der Waals surface area contributed by atoms with Crippen LogP contribution in [0.25, 0.3) is 0 Å². The zero-order valence-electron chi connectivity index (χ0n) is 10.1. The predicted octanol–water partition coefficient (Wildman–Crippen LogP) is 3.70. The molecule has 0 aromatic carbocycles. The van der Waals surface area contributed by atoms with Crippen molar-refractivity contribution in [2.75, 3.05) is 19.9 Å². The summed E-state index contributed by atoms with van der Waals surface area (Å²) >= 11 is 0. The first kappa shape index (κ1) is 14.8. The van der Waals surface area contributed by atoms with Crippen molar-refractivity contribution in [2.24, 2.45) is 0 Å². The second kappa shape index (κ2) is 11.9. The van der Waals surface area contributed by atoms with Crippen molar-refractivity contribution in [3.05, 3.63) is 0 Å². The first-order chi connectivity index (χ1) is 7.35. The Morgan fingerprint density at radius 2 is 1.73 bits per heavy atom. The molecule has 0 aromatic heterocycles. The van der Waals surface area contributed by atoms with Gasteiger partial charge in [-0.1, -0.05) is 26.2 Å². The van der Waals surface area contributed by atoms with Crippen molar-refractivity contribution in [3.8, 4) is 0 Å². The van der Waals surface area contributed by atoms with E-state index in [1.54, 1.807) is 0 Å². The normalized spacial score (nSPS) is 13.0. The highest BCUT2D eigenvalue weighted by atomic mass is 19.1. The maximum absolute atomic E-state index is 11.8. The van der Waals surface area contributed by atoms with Gasteiger partial charge in [0.2, 0.25) is 0 Å². The van der Waals surface area contributed by atoms with Crippen LogP contribution in [0.2, 0.25) is 0 Å². The lowest BCUT2D eigenvalue weighted by atomic mass is 10.2. The fourth-order valence-corrected chi connectivity index (χ4v) is 1.40. The quantitative estimate of drug-likeness (QED) is 0.390. The summed E-state index contributed by atoms with van der Waals surface area (Å²) in [5, 5.41) is 0. The average Bonchev–Trinajstić information content (AvgIpc) is 2.24. The molecule has 0 spiro atoms. The molecule has 0 heterocycles. The Bertz CT molecular complexity index is 114. The van der Waals surface area contributed by atoms with Gasteiger partial charge in [-0.3, -0.25) is 4.39 Å². The van der Waals surface area contributed by atoms with Gasteiger partial charge < -0.3 is 9.47 Å². The lowest BCUT2D eigenvalue weighted by molar-refractivity contribution is -0.143. The maximum Gasteiger partial charge on any atom is 0.157 e. The molecule has 0 radical (unpaired) electrons.